The lowest BCUT2D eigenvalue weighted by molar-refractivity contribution is -0.348. The molecule has 1 unspecified atom stereocenters. The fourth-order valence-electron chi connectivity index (χ4n) is 1.11. The Hall–Kier alpha value is -1.56. The fourth-order valence-corrected chi connectivity index (χ4v) is 2.08. The van der Waals surface area contributed by atoms with Crippen LogP contribution in [0.2, 0.25) is 0 Å². The van der Waals surface area contributed by atoms with Gasteiger partial charge >= 0.3 is 5.84 Å². The van der Waals surface area contributed by atoms with E-state index in [-0.39, 0.29) is 5.84 Å². The van der Waals surface area contributed by atoms with Crippen molar-refractivity contribution in [3.8, 4) is 0 Å². The van der Waals surface area contributed by atoms with E-state index in [1.54, 1.807) is 24.3 Å². The molecule has 0 spiro atoms. The number of nitro groups is 1. The van der Waals surface area contributed by atoms with E-state index in [2.05, 4.69) is 4.40 Å². The van der Waals surface area contributed by atoms with Gasteiger partial charge in [-0.2, -0.15) is 0 Å². The van der Waals surface area contributed by atoms with Crippen molar-refractivity contribution in [2.24, 2.45) is 4.40 Å². The Morgan fingerprint density at radius 1 is 1.38 bits per heavy atom. The van der Waals surface area contributed by atoms with Gasteiger partial charge in [0.15, 0.2) is 0 Å². The Bertz CT molecular complexity index is 441. The van der Waals surface area contributed by atoms with E-state index in [9.17, 15) is 14.3 Å². The van der Waals surface area contributed by atoms with Gasteiger partial charge in [-0.25, -0.2) is 4.21 Å². The van der Waals surface area contributed by atoms with E-state index in [0.717, 1.165) is 0 Å². The van der Waals surface area contributed by atoms with Crippen LogP contribution in [0.4, 0.5) is 0 Å². The number of benzene rings is 1. The third-order valence-corrected chi connectivity index (χ3v) is 2.73. The molecule has 1 heterocycles. The lowest BCUT2D eigenvalue weighted by Gasteiger charge is -1.93. The largest absolute Gasteiger partial charge is 0.384 e. The van der Waals surface area contributed by atoms with Crippen LogP contribution in [0, 0.1) is 10.1 Å². The normalized spacial score (nSPS) is 19.4. The summed E-state index contributed by atoms with van der Waals surface area (Å²) in [5.41, 5.74) is 0.353. The van der Waals surface area contributed by atoms with Crippen LogP contribution in [0.25, 0.3) is 0 Å². The average molecular weight is 196 g/mol. The molecule has 0 fully saturated rings. The summed E-state index contributed by atoms with van der Waals surface area (Å²) in [6.45, 7) is 0. The fraction of sp³-hybridized carbons (Fsp3) is 0. The molecule has 0 saturated heterocycles. The minimum atomic E-state index is -1.60. The van der Waals surface area contributed by atoms with Gasteiger partial charge in [-0.3, -0.25) is 0 Å². The zero-order chi connectivity index (χ0) is 9.42. The summed E-state index contributed by atoms with van der Waals surface area (Å²) < 4.78 is 14.6. The molecule has 13 heavy (non-hydrogen) atoms. The highest BCUT2D eigenvalue weighted by Crippen LogP contribution is 2.22. The third-order valence-electron chi connectivity index (χ3n) is 1.66. The van der Waals surface area contributed by atoms with E-state index < -0.39 is 15.9 Å². The van der Waals surface area contributed by atoms with E-state index in [1.807, 2.05) is 0 Å². The average Bonchev–Trinajstić information content (AvgIpc) is 2.45. The standard InChI is InChI=1S/C7H4N2O3S/c10-9(11)7-5-3-1-2-4-6(5)13(12)8-7/h1-4H. The summed E-state index contributed by atoms with van der Waals surface area (Å²) in [6.07, 6.45) is 0. The van der Waals surface area contributed by atoms with Gasteiger partial charge in [0.05, 0.1) is 5.56 Å². The predicted octanol–water partition coefficient (Wildman–Crippen LogP) is 0.746. The molecule has 2 rings (SSSR count). The molecule has 0 aromatic heterocycles. The van der Waals surface area contributed by atoms with Crippen molar-refractivity contribution in [1.29, 1.82) is 0 Å². The van der Waals surface area contributed by atoms with Gasteiger partial charge in [-0.15, -0.1) is 0 Å². The zero-order valence-corrected chi connectivity index (χ0v) is 7.15. The summed E-state index contributed by atoms with van der Waals surface area (Å²) in [5, 5.41) is 10.5. The molecule has 0 radical (unpaired) electrons. The van der Waals surface area contributed by atoms with Crippen molar-refractivity contribution in [2.45, 2.75) is 4.90 Å². The van der Waals surface area contributed by atoms with Crippen molar-refractivity contribution in [3.63, 3.8) is 0 Å². The highest BCUT2D eigenvalue weighted by atomic mass is 32.2. The molecule has 1 aromatic carbocycles. The monoisotopic (exact) mass is 196 g/mol. The number of nitrogens with zero attached hydrogens (tertiary/aromatic N) is 2. The molecule has 66 valence electrons. The Kier molecular flexibility index (Phi) is 1.70. The smallest absolute Gasteiger partial charge is 0.358 e. The number of fused-ring (bicyclic) bond motifs is 1. The molecule has 0 bridgehead atoms. The highest BCUT2D eigenvalue weighted by molar-refractivity contribution is 7.84. The summed E-state index contributed by atoms with van der Waals surface area (Å²) >= 11 is 0. The lowest BCUT2D eigenvalue weighted by Crippen LogP contribution is -2.10. The van der Waals surface area contributed by atoms with Crippen LogP contribution in [-0.2, 0) is 11.0 Å². The SMILES string of the molecule is O=[N+]([O-])C1=NS(=O)c2ccccc21. The van der Waals surface area contributed by atoms with E-state index in [1.165, 1.54) is 0 Å². The quantitative estimate of drug-likeness (QED) is 0.454. The minimum Gasteiger partial charge on any atom is -0.358 e. The summed E-state index contributed by atoms with van der Waals surface area (Å²) in [6, 6.07) is 6.45. The highest BCUT2D eigenvalue weighted by Gasteiger charge is 2.32. The van der Waals surface area contributed by atoms with Gasteiger partial charge in [0.1, 0.15) is 4.90 Å². The van der Waals surface area contributed by atoms with Crippen molar-refractivity contribution in [1.82, 2.24) is 0 Å². The van der Waals surface area contributed by atoms with Gasteiger partial charge in [-0.1, -0.05) is 12.1 Å². The van der Waals surface area contributed by atoms with Gasteiger partial charge < -0.3 is 10.1 Å². The molecular weight excluding hydrogens is 192 g/mol. The first-order chi connectivity index (χ1) is 6.20. The molecular formula is C7H4N2O3S. The van der Waals surface area contributed by atoms with E-state index in [4.69, 9.17) is 0 Å². The maximum Gasteiger partial charge on any atom is 0.384 e. The topological polar surface area (TPSA) is 72.6 Å². The van der Waals surface area contributed by atoms with Crippen LogP contribution in [-0.4, -0.2) is 15.0 Å². The summed E-state index contributed by atoms with van der Waals surface area (Å²) in [4.78, 5) is 10.2. The second kappa shape index (κ2) is 2.74. The number of hydrogen-bond donors (Lipinski definition) is 0. The minimum absolute atomic E-state index is 0.311. The van der Waals surface area contributed by atoms with Crippen LogP contribution in [0.1, 0.15) is 5.56 Å². The molecule has 0 saturated carbocycles. The summed E-state index contributed by atoms with van der Waals surface area (Å²) in [7, 11) is -1.60. The molecule has 5 nitrogen and oxygen atoms in total. The van der Waals surface area contributed by atoms with Gasteiger partial charge in [0.2, 0.25) is 0 Å². The first-order valence-corrected chi connectivity index (χ1v) is 4.55. The number of amidine groups is 1. The van der Waals surface area contributed by atoms with Crippen LogP contribution in [0.3, 0.4) is 0 Å². The zero-order valence-electron chi connectivity index (χ0n) is 6.34. The first kappa shape index (κ1) is 8.06. The molecule has 0 amide bonds. The van der Waals surface area contributed by atoms with Gasteiger partial charge in [0, 0.05) is 4.40 Å². The van der Waals surface area contributed by atoms with Crippen molar-refractivity contribution < 1.29 is 9.13 Å². The molecule has 1 atom stereocenters. The van der Waals surface area contributed by atoms with Gasteiger partial charge in [0.25, 0.3) is 11.0 Å². The second-order valence-electron chi connectivity index (χ2n) is 2.42. The number of hydrogen-bond acceptors (Lipinski definition) is 3. The Morgan fingerprint density at radius 3 is 2.77 bits per heavy atom. The Morgan fingerprint density at radius 2 is 2.08 bits per heavy atom. The van der Waals surface area contributed by atoms with Crippen LogP contribution < -0.4 is 0 Å². The molecule has 6 heteroatoms. The molecule has 1 aliphatic rings. The maximum absolute atomic E-state index is 11.2. The molecule has 1 aliphatic heterocycles. The Balaban J connectivity index is 2.64. The molecule has 0 aliphatic carbocycles. The Labute approximate surface area is 75.8 Å². The van der Waals surface area contributed by atoms with Crippen LogP contribution in [0.5, 0.6) is 0 Å². The first-order valence-electron chi connectivity index (χ1n) is 3.44. The van der Waals surface area contributed by atoms with Crippen LogP contribution in [0.15, 0.2) is 33.6 Å². The van der Waals surface area contributed by atoms with Gasteiger partial charge in [-0.05, 0) is 17.1 Å². The van der Waals surface area contributed by atoms with Crippen molar-refractivity contribution in [2.75, 3.05) is 0 Å². The van der Waals surface area contributed by atoms with Crippen LogP contribution >= 0.6 is 0 Å². The lowest BCUT2D eigenvalue weighted by atomic mass is 10.2. The molecule has 0 N–H and O–H groups in total. The summed E-state index contributed by atoms with van der Waals surface area (Å²) in [5.74, 6) is -0.311. The van der Waals surface area contributed by atoms with Crippen molar-refractivity contribution in [3.05, 3.63) is 39.9 Å². The number of rotatable bonds is 0. The third kappa shape index (κ3) is 1.15. The predicted molar refractivity (Wildman–Crippen MR) is 46.4 cm³/mol. The second-order valence-corrected chi connectivity index (χ2v) is 3.54. The van der Waals surface area contributed by atoms with E-state index >= 15 is 0 Å². The van der Waals surface area contributed by atoms with Crippen molar-refractivity contribution >= 4 is 16.8 Å². The van der Waals surface area contributed by atoms with E-state index in [0.29, 0.717) is 10.5 Å². The maximum atomic E-state index is 11.2. The molecule has 1 aromatic rings.